The first-order chi connectivity index (χ1) is 9.69. The summed E-state index contributed by atoms with van der Waals surface area (Å²) in [6.45, 7) is 1.89. The summed E-state index contributed by atoms with van der Waals surface area (Å²) in [6, 6.07) is 11.6. The van der Waals surface area contributed by atoms with Gasteiger partial charge in [0.25, 0.3) is 5.91 Å². The molecule has 0 saturated carbocycles. The van der Waals surface area contributed by atoms with Gasteiger partial charge in [-0.3, -0.25) is 4.79 Å². The van der Waals surface area contributed by atoms with E-state index in [0.29, 0.717) is 31.7 Å². The van der Waals surface area contributed by atoms with E-state index in [4.69, 9.17) is 11.5 Å². The first kappa shape index (κ1) is 15.0. The second-order valence-corrected chi connectivity index (χ2v) is 5.36. The number of fused-ring (bicyclic) bond motifs is 1. The molecule has 5 heteroatoms. The molecule has 20 heavy (non-hydrogen) atoms. The zero-order valence-corrected chi connectivity index (χ0v) is 12.8. The van der Waals surface area contributed by atoms with E-state index in [0.717, 1.165) is 15.2 Å². The fraction of sp³-hybridized carbons (Fsp3) is 0.267. The lowest BCUT2D eigenvalue weighted by Crippen LogP contribution is -2.38. The van der Waals surface area contributed by atoms with Gasteiger partial charge in [-0.05, 0) is 22.9 Å². The monoisotopic (exact) mass is 335 g/mol. The maximum Gasteiger partial charge on any atom is 0.254 e. The Bertz CT molecular complexity index is 609. The van der Waals surface area contributed by atoms with Gasteiger partial charge in [-0.2, -0.15) is 0 Å². The predicted molar refractivity (Wildman–Crippen MR) is 85.7 cm³/mol. The van der Waals surface area contributed by atoms with Gasteiger partial charge in [0.15, 0.2) is 0 Å². The summed E-state index contributed by atoms with van der Waals surface area (Å²) >= 11 is 3.51. The number of rotatable bonds is 5. The fourth-order valence-electron chi connectivity index (χ4n) is 2.26. The Morgan fingerprint density at radius 2 is 1.60 bits per heavy atom. The van der Waals surface area contributed by atoms with Crippen LogP contribution in [-0.2, 0) is 0 Å². The van der Waals surface area contributed by atoms with Gasteiger partial charge in [-0.1, -0.05) is 40.2 Å². The van der Waals surface area contributed by atoms with Crippen molar-refractivity contribution in [3.8, 4) is 0 Å². The van der Waals surface area contributed by atoms with Gasteiger partial charge in [0.2, 0.25) is 0 Å². The highest BCUT2D eigenvalue weighted by atomic mass is 79.9. The van der Waals surface area contributed by atoms with Gasteiger partial charge in [0.05, 0.1) is 0 Å². The van der Waals surface area contributed by atoms with Crippen LogP contribution in [0, 0.1) is 0 Å². The first-order valence-corrected chi connectivity index (χ1v) is 7.35. The van der Waals surface area contributed by atoms with E-state index in [1.54, 1.807) is 4.90 Å². The van der Waals surface area contributed by atoms with Crippen molar-refractivity contribution < 1.29 is 4.79 Å². The SMILES string of the molecule is NCCN(CCN)C(=O)c1cccc2c(Br)cccc12. The van der Waals surface area contributed by atoms with Gasteiger partial charge in [0, 0.05) is 36.2 Å². The van der Waals surface area contributed by atoms with Gasteiger partial charge in [0.1, 0.15) is 0 Å². The molecule has 0 heterocycles. The molecule has 0 aliphatic heterocycles. The lowest BCUT2D eigenvalue weighted by atomic mass is 10.0. The third-order valence-electron chi connectivity index (χ3n) is 3.18. The molecule has 0 saturated heterocycles. The van der Waals surface area contributed by atoms with Crippen LogP contribution in [0.2, 0.25) is 0 Å². The van der Waals surface area contributed by atoms with E-state index in [2.05, 4.69) is 15.9 Å². The molecule has 0 spiro atoms. The molecule has 0 atom stereocenters. The second kappa shape index (κ2) is 6.83. The summed E-state index contributed by atoms with van der Waals surface area (Å²) < 4.78 is 0.980. The van der Waals surface area contributed by atoms with Gasteiger partial charge < -0.3 is 16.4 Å². The number of carbonyl (C=O) groups excluding carboxylic acids is 1. The van der Waals surface area contributed by atoms with Crippen LogP contribution in [0.15, 0.2) is 40.9 Å². The zero-order valence-electron chi connectivity index (χ0n) is 11.2. The van der Waals surface area contributed by atoms with Crippen LogP contribution in [0.1, 0.15) is 10.4 Å². The summed E-state index contributed by atoms with van der Waals surface area (Å²) in [5.41, 5.74) is 11.8. The molecule has 4 N–H and O–H groups in total. The molecular formula is C15H18BrN3O. The number of nitrogens with two attached hydrogens (primary N) is 2. The molecule has 0 radical (unpaired) electrons. The summed E-state index contributed by atoms with van der Waals surface area (Å²) in [5.74, 6) is -0.0235. The summed E-state index contributed by atoms with van der Waals surface area (Å²) in [6.07, 6.45) is 0. The zero-order chi connectivity index (χ0) is 14.5. The third kappa shape index (κ3) is 3.00. The highest BCUT2D eigenvalue weighted by molar-refractivity contribution is 9.10. The van der Waals surface area contributed by atoms with E-state index in [1.165, 1.54) is 0 Å². The number of nitrogens with zero attached hydrogens (tertiary/aromatic N) is 1. The molecule has 2 aromatic rings. The molecule has 0 bridgehead atoms. The fourth-order valence-corrected chi connectivity index (χ4v) is 2.75. The second-order valence-electron chi connectivity index (χ2n) is 4.51. The topological polar surface area (TPSA) is 72.3 Å². The Hall–Kier alpha value is -1.43. The number of halogens is 1. The minimum absolute atomic E-state index is 0.0235. The number of carbonyl (C=O) groups is 1. The molecule has 0 aliphatic carbocycles. The van der Waals surface area contributed by atoms with Crippen LogP contribution >= 0.6 is 15.9 Å². The number of hydrogen-bond acceptors (Lipinski definition) is 3. The molecule has 0 aromatic heterocycles. The Kier molecular flexibility index (Phi) is 5.11. The van der Waals surface area contributed by atoms with Crippen LogP contribution < -0.4 is 11.5 Å². The summed E-state index contributed by atoms with van der Waals surface area (Å²) in [5, 5.41) is 1.96. The Balaban J connectivity index is 2.46. The molecule has 1 amide bonds. The summed E-state index contributed by atoms with van der Waals surface area (Å²) in [7, 11) is 0. The Labute approximate surface area is 126 Å². The minimum atomic E-state index is -0.0235. The van der Waals surface area contributed by atoms with E-state index >= 15 is 0 Å². The molecular weight excluding hydrogens is 318 g/mol. The van der Waals surface area contributed by atoms with Crippen molar-refractivity contribution in [1.29, 1.82) is 0 Å². The largest absolute Gasteiger partial charge is 0.336 e. The van der Waals surface area contributed by atoms with Crippen molar-refractivity contribution in [3.63, 3.8) is 0 Å². The standard InChI is InChI=1S/C15H18BrN3O/c16-14-6-2-3-11-12(14)4-1-5-13(11)15(20)19(9-7-17)10-8-18/h1-6H,7-10,17-18H2. The maximum atomic E-state index is 12.6. The van der Waals surface area contributed by atoms with Crippen LogP contribution in [0.4, 0.5) is 0 Å². The lowest BCUT2D eigenvalue weighted by molar-refractivity contribution is 0.0767. The number of hydrogen-bond donors (Lipinski definition) is 2. The van der Waals surface area contributed by atoms with Gasteiger partial charge in [-0.25, -0.2) is 0 Å². The average Bonchev–Trinajstić information content (AvgIpc) is 2.46. The van der Waals surface area contributed by atoms with Crippen LogP contribution in [-0.4, -0.2) is 37.0 Å². The molecule has 0 aliphatic rings. The van der Waals surface area contributed by atoms with Crippen LogP contribution in [0.3, 0.4) is 0 Å². The predicted octanol–water partition coefficient (Wildman–Crippen LogP) is 1.96. The van der Waals surface area contributed by atoms with Crippen molar-refractivity contribution >= 4 is 32.6 Å². The van der Waals surface area contributed by atoms with Crippen molar-refractivity contribution in [2.45, 2.75) is 0 Å². The number of amides is 1. The number of benzene rings is 2. The molecule has 0 fully saturated rings. The smallest absolute Gasteiger partial charge is 0.254 e. The maximum absolute atomic E-state index is 12.6. The third-order valence-corrected chi connectivity index (χ3v) is 3.88. The Morgan fingerprint density at radius 1 is 1.00 bits per heavy atom. The van der Waals surface area contributed by atoms with E-state index in [1.807, 2.05) is 36.4 Å². The van der Waals surface area contributed by atoms with Gasteiger partial charge in [-0.15, -0.1) is 0 Å². The van der Waals surface area contributed by atoms with Crippen molar-refractivity contribution in [3.05, 3.63) is 46.4 Å². The molecule has 0 unspecified atom stereocenters. The van der Waals surface area contributed by atoms with E-state index in [9.17, 15) is 4.79 Å². The van der Waals surface area contributed by atoms with Gasteiger partial charge >= 0.3 is 0 Å². The Morgan fingerprint density at radius 3 is 2.25 bits per heavy atom. The van der Waals surface area contributed by atoms with Crippen molar-refractivity contribution in [2.75, 3.05) is 26.2 Å². The molecule has 2 rings (SSSR count). The van der Waals surface area contributed by atoms with E-state index in [-0.39, 0.29) is 5.91 Å². The summed E-state index contributed by atoms with van der Waals surface area (Å²) in [4.78, 5) is 14.4. The van der Waals surface area contributed by atoms with Crippen LogP contribution in [0.5, 0.6) is 0 Å². The van der Waals surface area contributed by atoms with Crippen molar-refractivity contribution in [1.82, 2.24) is 4.90 Å². The van der Waals surface area contributed by atoms with E-state index < -0.39 is 0 Å². The minimum Gasteiger partial charge on any atom is -0.336 e. The quantitative estimate of drug-likeness (QED) is 0.877. The first-order valence-electron chi connectivity index (χ1n) is 6.55. The molecule has 106 valence electrons. The molecule has 4 nitrogen and oxygen atoms in total. The lowest BCUT2D eigenvalue weighted by Gasteiger charge is -2.22. The van der Waals surface area contributed by atoms with Crippen LogP contribution in [0.25, 0.3) is 10.8 Å². The average molecular weight is 336 g/mol. The highest BCUT2D eigenvalue weighted by Crippen LogP contribution is 2.27. The van der Waals surface area contributed by atoms with Crippen molar-refractivity contribution in [2.24, 2.45) is 11.5 Å². The highest BCUT2D eigenvalue weighted by Gasteiger charge is 2.17. The normalized spacial score (nSPS) is 10.8. The molecule has 2 aromatic carbocycles.